The number of carbonyl (C=O) groups is 2. The van der Waals surface area contributed by atoms with E-state index in [0.717, 1.165) is 44.6 Å². The van der Waals surface area contributed by atoms with Gasteiger partial charge in [-0.05, 0) is 39.0 Å². The molecule has 4 nitrogen and oxygen atoms in total. The highest BCUT2D eigenvalue weighted by Gasteiger charge is 2.54. The predicted octanol–water partition coefficient (Wildman–Crippen LogP) is 2.23. The highest BCUT2D eigenvalue weighted by molar-refractivity contribution is 6.01. The van der Waals surface area contributed by atoms with Gasteiger partial charge in [0.15, 0.2) is 0 Å². The molecule has 2 aliphatic carbocycles. The van der Waals surface area contributed by atoms with Crippen molar-refractivity contribution < 1.29 is 9.59 Å². The molecule has 1 saturated heterocycles. The second-order valence-corrected chi connectivity index (χ2v) is 7.34. The number of carbonyl (C=O) groups excluding carboxylic acids is 2. The van der Waals surface area contributed by atoms with Crippen molar-refractivity contribution in [1.29, 1.82) is 0 Å². The van der Waals surface area contributed by atoms with Gasteiger partial charge in [0.05, 0.1) is 0 Å². The molecule has 0 aromatic rings. The maximum absolute atomic E-state index is 13.0. The summed E-state index contributed by atoms with van der Waals surface area (Å²) < 4.78 is 0. The van der Waals surface area contributed by atoms with Crippen molar-refractivity contribution in [1.82, 2.24) is 10.2 Å². The first-order valence-corrected chi connectivity index (χ1v) is 8.10. The monoisotopic (exact) mass is 278 g/mol. The van der Waals surface area contributed by atoms with Crippen molar-refractivity contribution in [2.75, 3.05) is 6.54 Å². The lowest BCUT2D eigenvalue weighted by Crippen LogP contribution is -2.74. The van der Waals surface area contributed by atoms with Gasteiger partial charge in [0.1, 0.15) is 11.1 Å². The zero-order valence-corrected chi connectivity index (χ0v) is 12.7. The molecular weight excluding hydrogens is 252 g/mol. The summed E-state index contributed by atoms with van der Waals surface area (Å²) in [4.78, 5) is 27.4. The van der Waals surface area contributed by atoms with E-state index >= 15 is 0 Å². The first kappa shape index (κ1) is 13.9. The lowest BCUT2D eigenvalue weighted by Gasteiger charge is -2.51. The summed E-state index contributed by atoms with van der Waals surface area (Å²) in [5.41, 5.74) is -1.29. The summed E-state index contributed by atoms with van der Waals surface area (Å²) in [5, 5.41) is 3.07. The molecule has 0 aromatic heterocycles. The Morgan fingerprint density at radius 2 is 1.80 bits per heavy atom. The standard InChI is InChI=1S/C16H26N2O2/c1-15(2)13(19)17-16(9-4-3-5-10-16)14(20)18(15)11-8-12-6-7-12/h12H,3-11H2,1-2H3,(H,17,19). The zero-order valence-electron chi connectivity index (χ0n) is 12.7. The first-order valence-electron chi connectivity index (χ1n) is 8.10. The first-order chi connectivity index (χ1) is 9.46. The minimum atomic E-state index is -0.700. The van der Waals surface area contributed by atoms with E-state index < -0.39 is 11.1 Å². The summed E-state index contributed by atoms with van der Waals surface area (Å²) in [6, 6.07) is 0. The Hall–Kier alpha value is -1.06. The average molecular weight is 278 g/mol. The third-order valence-electron chi connectivity index (χ3n) is 5.40. The molecule has 2 saturated carbocycles. The van der Waals surface area contributed by atoms with E-state index in [4.69, 9.17) is 0 Å². The quantitative estimate of drug-likeness (QED) is 0.860. The fourth-order valence-electron chi connectivity index (χ4n) is 3.65. The molecule has 1 spiro atoms. The van der Waals surface area contributed by atoms with Crippen molar-refractivity contribution in [3.8, 4) is 0 Å². The molecule has 1 heterocycles. The Labute approximate surface area is 121 Å². The van der Waals surface area contributed by atoms with Crippen LogP contribution >= 0.6 is 0 Å². The highest BCUT2D eigenvalue weighted by Crippen LogP contribution is 2.38. The Morgan fingerprint density at radius 3 is 2.40 bits per heavy atom. The van der Waals surface area contributed by atoms with Crippen LogP contribution in [-0.4, -0.2) is 34.3 Å². The maximum Gasteiger partial charge on any atom is 0.249 e. The minimum absolute atomic E-state index is 0.0230. The molecule has 0 aromatic carbocycles. The third-order valence-corrected chi connectivity index (χ3v) is 5.40. The van der Waals surface area contributed by atoms with Crippen LogP contribution in [0.5, 0.6) is 0 Å². The van der Waals surface area contributed by atoms with E-state index in [0.29, 0.717) is 0 Å². The number of rotatable bonds is 3. The van der Waals surface area contributed by atoms with Crippen molar-refractivity contribution in [2.24, 2.45) is 5.92 Å². The molecule has 0 unspecified atom stereocenters. The minimum Gasteiger partial charge on any atom is -0.340 e. The third kappa shape index (κ3) is 2.23. The van der Waals surface area contributed by atoms with Gasteiger partial charge in [0.25, 0.3) is 0 Å². The molecule has 2 amide bonds. The fourth-order valence-corrected chi connectivity index (χ4v) is 3.65. The molecule has 3 aliphatic rings. The van der Waals surface area contributed by atoms with Crippen LogP contribution in [0.25, 0.3) is 0 Å². The van der Waals surface area contributed by atoms with Gasteiger partial charge in [-0.3, -0.25) is 9.59 Å². The summed E-state index contributed by atoms with van der Waals surface area (Å²) in [6.45, 7) is 4.50. The van der Waals surface area contributed by atoms with Crippen molar-refractivity contribution in [3.05, 3.63) is 0 Å². The molecule has 20 heavy (non-hydrogen) atoms. The van der Waals surface area contributed by atoms with Crippen LogP contribution in [0.1, 0.15) is 65.2 Å². The number of nitrogens with zero attached hydrogens (tertiary/aromatic N) is 1. The van der Waals surface area contributed by atoms with Crippen molar-refractivity contribution in [2.45, 2.75) is 76.3 Å². The van der Waals surface area contributed by atoms with Crippen molar-refractivity contribution in [3.63, 3.8) is 0 Å². The van der Waals surface area contributed by atoms with Gasteiger partial charge < -0.3 is 10.2 Å². The molecule has 1 N–H and O–H groups in total. The Bertz CT molecular complexity index is 420. The van der Waals surface area contributed by atoms with Gasteiger partial charge in [-0.15, -0.1) is 0 Å². The van der Waals surface area contributed by atoms with Crippen LogP contribution < -0.4 is 5.32 Å². The molecule has 3 fully saturated rings. The van der Waals surface area contributed by atoms with Crippen LogP contribution in [0.4, 0.5) is 0 Å². The number of amides is 2. The van der Waals surface area contributed by atoms with E-state index in [2.05, 4.69) is 5.32 Å². The average Bonchev–Trinajstić information content (AvgIpc) is 3.22. The molecule has 3 rings (SSSR count). The van der Waals surface area contributed by atoms with Crippen molar-refractivity contribution >= 4 is 11.8 Å². The molecule has 0 radical (unpaired) electrons. The van der Waals surface area contributed by atoms with E-state index in [1.807, 2.05) is 18.7 Å². The Morgan fingerprint density at radius 1 is 1.15 bits per heavy atom. The Balaban J connectivity index is 1.82. The van der Waals surface area contributed by atoms with Gasteiger partial charge in [0.2, 0.25) is 11.8 Å². The van der Waals surface area contributed by atoms with E-state index in [9.17, 15) is 9.59 Å². The largest absolute Gasteiger partial charge is 0.340 e. The number of hydrogen-bond donors (Lipinski definition) is 1. The fraction of sp³-hybridized carbons (Fsp3) is 0.875. The van der Waals surface area contributed by atoms with Gasteiger partial charge in [0, 0.05) is 6.54 Å². The highest BCUT2D eigenvalue weighted by atomic mass is 16.2. The second-order valence-electron chi connectivity index (χ2n) is 7.34. The molecule has 0 atom stereocenters. The second kappa shape index (κ2) is 4.74. The maximum atomic E-state index is 13.0. The van der Waals surface area contributed by atoms with Gasteiger partial charge in [-0.25, -0.2) is 0 Å². The zero-order chi connectivity index (χ0) is 14.4. The van der Waals surface area contributed by atoms with Gasteiger partial charge in [-0.2, -0.15) is 0 Å². The number of hydrogen-bond acceptors (Lipinski definition) is 2. The topological polar surface area (TPSA) is 49.4 Å². The van der Waals surface area contributed by atoms with E-state index in [1.54, 1.807) is 0 Å². The smallest absolute Gasteiger partial charge is 0.249 e. The molecule has 112 valence electrons. The van der Waals surface area contributed by atoms with Crippen LogP contribution in [0.2, 0.25) is 0 Å². The van der Waals surface area contributed by atoms with Crippen LogP contribution in [-0.2, 0) is 9.59 Å². The van der Waals surface area contributed by atoms with E-state index in [-0.39, 0.29) is 11.8 Å². The van der Waals surface area contributed by atoms with Crippen LogP contribution in [0.3, 0.4) is 0 Å². The summed E-state index contributed by atoms with van der Waals surface area (Å²) in [6.07, 6.45) is 8.53. The Kier molecular flexibility index (Phi) is 3.30. The van der Waals surface area contributed by atoms with Crippen LogP contribution in [0.15, 0.2) is 0 Å². The lowest BCUT2D eigenvalue weighted by molar-refractivity contribution is -0.162. The van der Waals surface area contributed by atoms with Gasteiger partial charge >= 0.3 is 0 Å². The normalized spacial score (nSPS) is 28.6. The predicted molar refractivity (Wildman–Crippen MR) is 77.1 cm³/mol. The van der Waals surface area contributed by atoms with Crippen LogP contribution in [0, 0.1) is 5.92 Å². The van der Waals surface area contributed by atoms with E-state index in [1.165, 1.54) is 19.3 Å². The summed E-state index contributed by atoms with van der Waals surface area (Å²) in [5.74, 6) is 0.975. The molecule has 0 bridgehead atoms. The number of piperazine rings is 1. The molecule has 4 heteroatoms. The molecular formula is C16H26N2O2. The number of nitrogens with one attached hydrogen (secondary N) is 1. The summed E-state index contributed by atoms with van der Waals surface area (Å²) in [7, 11) is 0. The van der Waals surface area contributed by atoms with Gasteiger partial charge in [-0.1, -0.05) is 32.1 Å². The SMILES string of the molecule is CC1(C)C(=O)NC2(CCCCC2)C(=O)N1CCC1CC1. The molecule has 1 aliphatic heterocycles. The summed E-state index contributed by atoms with van der Waals surface area (Å²) >= 11 is 0. The lowest BCUT2D eigenvalue weighted by atomic mass is 9.76.